The van der Waals surface area contributed by atoms with Crippen LogP contribution in [0.5, 0.6) is 0 Å². The molecule has 1 aromatic heterocycles. The van der Waals surface area contributed by atoms with Crippen LogP contribution < -0.4 is 5.32 Å². The molecule has 0 saturated carbocycles. The van der Waals surface area contributed by atoms with E-state index in [0.29, 0.717) is 5.41 Å². The van der Waals surface area contributed by atoms with Crippen LogP contribution in [0.3, 0.4) is 0 Å². The molecule has 0 bridgehead atoms. The van der Waals surface area contributed by atoms with Gasteiger partial charge in [0.2, 0.25) is 0 Å². The molecule has 1 N–H and O–H groups in total. The Bertz CT molecular complexity index is 234. The largest absolute Gasteiger partial charge is 0.316 e. The Hall–Kier alpha value is -0.410. The van der Waals surface area contributed by atoms with Crippen molar-refractivity contribution in [1.82, 2.24) is 10.3 Å². The van der Waals surface area contributed by atoms with Gasteiger partial charge in [-0.15, -0.1) is 11.3 Å². The van der Waals surface area contributed by atoms with Crippen LogP contribution in [0.4, 0.5) is 0 Å². The Morgan fingerprint density at radius 3 is 2.92 bits per heavy atom. The molecule has 1 aliphatic heterocycles. The van der Waals surface area contributed by atoms with E-state index in [0.717, 1.165) is 6.42 Å². The molecule has 3 heteroatoms. The van der Waals surface area contributed by atoms with Crippen molar-refractivity contribution in [3.63, 3.8) is 0 Å². The van der Waals surface area contributed by atoms with Crippen molar-refractivity contribution in [3.8, 4) is 0 Å². The number of hydrogen-bond donors (Lipinski definition) is 1. The van der Waals surface area contributed by atoms with Crippen LogP contribution in [-0.2, 0) is 6.42 Å². The van der Waals surface area contributed by atoms with Crippen molar-refractivity contribution in [2.24, 2.45) is 5.41 Å². The van der Waals surface area contributed by atoms with Crippen LogP contribution in [0, 0.1) is 5.41 Å². The number of aromatic nitrogens is 1. The summed E-state index contributed by atoms with van der Waals surface area (Å²) in [6.07, 6.45) is 4.32. The monoisotopic (exact) mass is 182 g/mol. The van der Waals surface area contributed by atoms with Gasteiger partial charge < -0.3 is 5.32 Å². The van der Waals surface area contributed by atoms with Crippen LogP contribution >= 0.6 is 11.3 Å². The van der Waals surface area contributed by atoms with Crippen LogP contribution in [-0.4, -0.2) is 18.1 Å². The van der Waals surface area contributed by atoms with Crippen molar-refractivity contribution >= 4 is 11.3 Å². The van der Waals surface area contributed by atoms with E-state index in [4.69, 9.17) is 0 Å². The molecule has 2 nitrogen and oxygen atoms in total. The van der Waals surface area contributed by atoms with Crippen molar-refractivity contribution in [3.05, 3.63) is 16.6 Å². The van der Waals surface area contributed by atoms with Crippen molar-refractivity contribution < 1.29 is 0 Å². The molecular weight excluding hydrogens is 168 g/mol. The van der Waals surface area contributed by atoms with Crippen LogP contribution in [0.2, 0.25) is 0 Å². The smallest absolute Gasteiger partial charge is 0.0931 e. The normalized spacial score (nSPS) is 20.4. The van der Waals surface area contributed by atoms with Gasteiger partial charge in [-0.3, -0.25) is 0 Å². The van der Waals surface area contributed by atoms with Crippen LogP contribution in [0.25, 0.3) is 0 Å². The molecule has 0 spiro atoms. The second kappa shape index (κ2) is 3.15. The minimum atomic E-state index is 0.526. The quantitative estimate of drug-likeness (QED) is 0.769. The fraction of sp³-hybridized carbons (Fsp3) is 0.667. The first-order valence-electron chi connectivity index (χ1n) is 4.44. The summed E-state index contributed by atoms with van der Waals surface area (Å²) in [5.74, 6) is 0. The molecule has 2 heterocycles. The Kier molecular flexibility index (Phi) is 2.15. The predicted octanol–water partition coefficient (Wildman–Crippen LogP) is 1.69. The fourth-order valence-corrected chi connectivity index (χ4v) is 2.43. The maximum Gasteiger partial charge on any atom is 0.0931 e. The highest BCUT2D eigenvalue weighted by Gasteiger charge is 2.35. The zero-order valence-corrected chi connectivity index (χ0v) is 8.16. The number of nitrogens with zero attached hydrogens (tertiary/aromatic N) is 1. The van der Waals surface area contributed by atoms with Gasteiger partial charge in [0.05, 0.1) is 5.01 Å². The van der Waals surface area contributed by atoms with E-state index in [9.17, 15) is 0 Å². The average Bonchev–Trinajstić information content (AvgIpc) is 2.49. The second-order valence-electron chi connectivity index (χ2n) is 3.56. The number of thiazole rings is 1. The third kappa shape index (κ3) is 1.39. The molecule has 1 saturated heterocycles. The molecule has 0 radical (unpaired) electrons. The molecule has 0 atom stereocenters. The highest BCUT2D eigenvalue weighted by Crippen LogP contribution is 2.31. The van der Waals surface area contributed by atoms with E-state index >= 15 is 0 Å². The Morgan fingerprint density at radius 1 is 1.67 bits per heavy atom. The molecule has 2 rings (SSSR count). The lowest BCUT2D eigenvalue weighted by atomic mass is 9.76. The maximum absolute atomic E-state index is 4.32. The van der Waals surface area contributed by atoms with Crippen molar-refractivity contribution in [1.29, 1.82) is 0 Å². The van der Waals surface area contributed by atoms with Gasteiger partial charge in [0.15, 0.2) is 0 Å². The fourth-order valence-electron chi connectivity index (χ4n) is 1.64. The highest BCUT2D eigenvalue weighted by molar-refractivity contribution is 7.09. The van der Waals surface area contributed by atoms with E-state index in [1.54, 1.807) is 11.3 Å². The van der Waals surface area contributed by atoms with Gasteiger partial charge in [0.25, 0.3) is 0 Å². The molecule has 1 aromatic rings. The molecule has 66 valence electrons. The topological polar surface area (TPSA) is 24.9 Å². The van der Waals surface area contributed by atoms with E-state index in [-0.39, 0.29) is 0 Å². The zero-order valence-electron chi connectivity index (χ0n) is 7.34. The van der Waals surface area contributed by atoms with Gasteiger partial charge in [-0.25, -0.2) is 4.98 Å². The first-order valence-corrected chi connectivity index (χ1v) is 5.32. The summed E-state index contributed by atoms with van der Waals surface area (Å²) >= 11 is 1.78. The third-order valence-electron chi connectivity index (χ3n) is 2.76. The SMILES string of the molecule is CCC1(Cc2nccs2)CNC1. The average molecular weight is 182 g/mol. The summed E-state index contributed by atoms with van der Waals surface area (Å²) < 4.78 is 0. The van der Waals surface area contributed by atoms with Crippen LogP contribution in [0.15, 0.2) is 11.6 Å². The molecule has 0 amide bonds. The number of rotatable bonds is 3. The molecular formula is C9H14N2S. The van der Waals surface area contributed by atoms with E-state index in [1.807, 2.05) is 6.20 Å². The third-order valence-corrected chi connectivity index (χ3v) is 3.54. The second-order valence-corrected chi connectivity index (χ2v) is 4.54. The minimum Gasteiger partial charge on any atom is -0.316 e. The first kappa shape index (κ1) is 8.20. The highest BCUT2D eigenvalue weighted by atomic mass is 32.1. The van der Waals surface area contributed by atoms with Gasteiger partial charge >= 0.3 is 0 Å². The molecule has 12 heavy (non-hydrogen) atoms. The van der Waals surface area contributed by atoms with Gasteiger partial charge in [0, 0.05) is 36.5 Å². The van der Waals surface area contributed by atoms with Gasteiger partial charge in [-0.2, -0.15) is 0 Å². The molecule has 1 fully saturated rings. The van der Waals surface area contributed by atoms with Gasteiger partial charge in [0.1, 0.15) is 0 Å². The standard InChI is InChI=1S/C9H14N2S/c1-2-9(6-10-7-9)5-8-11-3-4-12-8/h3-4,10H,2,5-7H2,1H3. The minimum absolute atomic E-state index is 0.526. The molecule has 0 aromatic carbocycles. The summed E-state index contributed by atoms with van der Waals surface area (Å²) in [6, 6.07) is 0. The summed E-state index contributed by atoms with van der Waals surface area (Å²) in [4.78, 5) is 4.32. The first-order chi connectivity index (χ1) is 5.85. The Balaban J connectivity index is 2.01. The van der Waals surface area contributed by atoms with Crippen molar-refractivity contribution in [2.45, 2.75) is 19.8 Å². The van der Waals surface area contributed by atoms with E-state index in [1.165, 1.54) is 24.5 Å². The summed E-state index contributed by atoms with van der Waals surface area (Å²) in [7, 11) is 0. The molecule has 0 aliphatic carbocycles. The zero-order chi connectivity index (χ0) is 8.44. The van der Waals surface area contributed by atoms with Gasteiger partial charge in [-0.1, -0.05) is 6.92 Å². The van der Waals surface area contributed by atoms with Crippen molar-refractivity contribution in [2.75, 3.05) is 13.1 Å². The Morgan fingerprint density at radius 2 is 2.50 bits per heavy atom. The number of nitrogens with one attached hydrogen (secondary N) is 1. The van der Waals surface area contributed by atoms with E-state index in [2.05, 4.69) is 22.6 Å². The summed E-state index contributed by atoms with van der Waals surface area (Å²) in [6.45, 7) is 4.61. The van der Waals surface area contributed by atoms with Gasteiger partial charge in [-0.05, 0) is 6.42 Å². The lowest BCUT2D eigenvalue weighted by Crippen LogP contribution is -2.54. The molecule has 1 aliphatic rings. The Labute approximate surface area is 77.0 Å². The van der Waals surface area contributed by atoms with Crippen LogP contribution in [0.1, 0.15) is 18.4 Å². The molecule has 0 unspecified atom stereocenters. The predicted molar refractivity (Wildman–Crippen MR) is 51.4 cm³/mol. The lowest BCUT2D eigenvalue weighted by Gasteiger charge is -2.41. The summed E-state index contributed by atoms with van der Waals surface area (Å²) in [5.41, 5.74) is 0.526. The lowest BCUT2D eigenvalue weighted by molar-refractivity contribution is 0.160. The summed E-state index contributed by atoms with van der Waals surface area (Å²) in [5, 5.41) is 6.69. The number of hydrogen-bond acceptors (Lipinski definition) is 3. The van der Waals surface area contributed by atoms with E-state index < -0.39 is 0 Å². The maximum atomic E-state index is 4.32.